The molecule has 178 valence electrons. The molecule has 0 radical (unpaired) electrons. The van der Waals surface area contributed by atoms with Crippen LogP contribution in [-0.2, 0) is 16.1 Å². The normalized spacial score (nSPS) is 16.9. The van der Waals surface area contributed by atoms with Gasteiger partial charge in [0, 0.05) is 36.6 Å². The van der Waals surface area contributed by atoms with E-state index in [9.17, 15) is 24.8 Å². The number of carbonyl (C=O) groups excluding carboxylic acids is 2. The molecule has 9 heteroatoms. The Kier molecular flexibility index (Phi) is 6.86. The fourth-order valence-corrected chi connectivity index (χ4v) is 3.96. The molecule has 35 heavy (non-hydrogen) atoms. The average molecular weight is 473 g/mol. The third-order valence-electron chi connectivity index (χ3n) is 5.64. The molecule has 3 aromatic rings. The van der Waals surface area contributed by atoms with Crippen molar-refractivity contribution in [1.29, 1.82) is 0 Å². The molecule has 1 unspecified atom stereocenters. The van der Waals surface area contributed by atoms with Crippen molar-refractivity contribution in [1.82, 2.24) is 9.88 Å². The minimum Gasteiger partial charge on any atom is -0.507 e. The number of nitrogens with zero attached hydrogens (tertiary/aromatic N) is 3. The number of aromatic nitrogens is 1. The van der Waals surface area contributed by atoms with Crippen LogP contribution in [0.3, 0.4) is 0 Å². The maximum Gasteiger partial charge on any atom is 0.295 e. The first kappa shape index (κ1) is 23.6. The molecule has 1 fully saturated rings. The van der Waals surface area contributed by atoms with Crippen molar-refractivity contribution in [3.63, 3.8) is 0 Å². The van der Waals surface area contributed by atoms with E-state index >= 15 is 0 Å². The molecule has 0 bridgehead atoms. The molecule has 1 aromatic heterocycles. The van der Waals surface area contributed by atoms with Crippen molar-refractivity contribution in [2.75, 3.05) is 6.61 Å². The molecule has 1 N–H and O–H groups in total. The van der Waals surface area contributed by atoms with Crippen LogP contribution in [0.4, 0.5) is 5.69 Å². The number of non-ortho nitro benzene ring substituents is 1. The van der Waals surface area contributed by atoms with Crippen molar-refractivity contribution in [3.05, 3.63) is 105 Å². The Hall–Kier alpha value is -4.53. The second-order valence-electron chi connectivity index (χ2n) is 8.01. The van der Waals surface area contributed by atoms with E-state index in [1.165, 1.54) is 29.2 Å². The summed E-state index contributed by atoms with van der Waals surface area (Å²) in [7, 11) is 0. The van der Waals surface area contributed by atoms with Crippen LogP contribution in [0.2, 0.25) is 0 Å². The highest BCUT2D eigenvalue weighted by atomic mass is 16.6. The van der Waals surface area contributed by atoms with Gasteiger partial charge in [-0.3, -0.25) is 24.7 Å². The van der Waals surface area contributed by atoms with Gasteiger partial charge in [0.2, 0.25) is 0 Å². The van der Waals surface area contributed by atoms with E-state index in [2.05, 4.69) is 4.98 Å². The number of rotatable bonds is 8. The summed E-state index contributed by atoms with van der Waals surface area (Å²) in [5, 5.41) is 22.4. The van der Waals surface area contributed by atoms with Gasteiger partial charge in [0.05, 0.1) is 23.1 Å². The van der Waals surface area contributed by atoms with Crippen LogP contribution in [-0.4, -0.2) is 38.2 Å². The molecule has 1 atom stereocenters. The van der Waals surface area contributed by atoms with Gasteiger partial charge in [-0.15, -0.1) is 0 Å². The zero-order valence-electron chi connectivity index (χ0n) is 19.0. The minimum absolute atomic E-state index is 0.0885. The Labute approximate surface area is 201 Å². The average Bonchev–Trinajstić information content (AvgIpc) is 3.12. The van der Waals surface area contributed by atoms with Crippen LogP contribution in [0.25, 0.3) is 5.76 Å². The Morgan fingerprint density at radius 1 is 1.11 bits per heavy atom. The largest absolute Gasteiger partial charge is 0.507 e. The molecule has 0 saturated carbocycles. The number of hydrogen-bond donors (Lipinski definition) is 1. The van der Waals surface area contributed by atoms with E-state index in [-0.39, 0.29) is 23.6 Å². The fourth-order valence-electron chi connectivity index (χ4n) is 3.96. The Morgan fingerprint density at radius 2 is 1.83 bits per heavy atom. The molecular weight excluding hydrogens is 450 g/mol. The highest BCUT2D eigenvalue weighted by molar-refractivity contribution is 6.46. The number of aliphatic hydroxyl groups excluding tert-OH is 1. The van der Waals surface area contributed by atoms with Gasteiger partial charge in [-0.1, -0.05) is 19.1 Å². The molecule has 1 saturated heterocycles. The number of hydrogen-bond acceptors (Lipinski definition) is 7. The lowest BCUT2D eigenvalue weighted by Crippen LogP contribution is -2.29. The lowest BCUT2D eigenvalue weighted by molar-refractivity contribution is -0.384. The predicted molar refractivity (Wildman–Crippen MR) is 127 cm³/mol. The number of aliphatic hydroxyl groups is 1. The number of nitro benzene ring substituents is 1. The summed E-state index contributed by atoms with van der Waals surface area (Å²) < 4.78 is 5.64. The Bertz CT molecular complexity index is 1290. The number of pyridine rings is 1. The SMILES string of the molecule is CCCOc1cccc(C(O)=C2C(=O)C(=O)N(Cc3ccncc3)C2c2ccc([N+](=O)[O-])cc2)c1. The number of likely N-dealkylation sites (tertiary alicyclic amines) is 1. The lowest BCUT2D eigenvalue weighted by atomic mass is 9.95. The van der Waals surface area contributed by atoms with E-state index in [1.54, 1.807) is 48.8 Å². The molecule has 1 aliphatic rings. The number of amides is 1. The molecule has 9 nitrogen and oxygen atoms in total. The van der Waals surface area contributed by atoms with E-state index in [0.717, 1.165) is 12.0 Å². The summed E-state index contributed by atoms with van der Waals surface area (Å²) in [6.07, 6.45) is 3.96. The summed E-state index contributed by atoms with van der Waals surface area (Å²) in [6.45, 7) is 2.55. The second kappa shape index (κ2) is 10.2. The van der Waals surface area contributed by atoms with Crippen LogP contribution in [0.15, 0.2) is 78.6 Å². The minimum atomic E-state index is -0.941. The third kappa shape index (κ3) is 4.89. The quantitative estimate of drug-likeness (QED) is 0.169. The highest BCUT2D eigenvalue weighted by Crippen LogP contribution is 2.41. The maximum absolute atomic E-state index is 13.2. The van der Waals surface area contributed by atoms with Crippen molar-refractivity contribution >= 4 is 23.1 Å². The number of ketones is 1. The monoisotopic (exact) mass is 473 g/mol. The second-order valence-corrected chi connectivity index (χ2v) is 8.01. The summed E-state index contributed by atoms with van der Waals surface area (Å²) in [5.74, 6) is -1.43. The van der Waals surface area contributed by atoms with Crippen LogP contribution < -0.4 is 4.74 Å². The number of nitro groups is 1. The molecular formula is C26H23N3O6. The van der Waals surface area contributed by atoms with Gasteiger partial charge in [-0.25, -0.2) is 0 Å². The summed E-state index contributed by atoms with van der Waals surface area (Å²) in [4.78, 5) is 42.2. The van der Waals surface area contributed by atoms with Gasteiger partial charge >= 0.3 is 0 Å². The number of carbonyl (C=O) groups is 2. The standard InChI is InChI=1S/C26H23N3O6/c1-2-14-35-21-5-3-4-19(15-21)24(30)22-23(18-6-8-20(9-7-18)29(33)34)28(26(32)25(22)31)16-17-10-12-27-13-11-17/h3-13,15,23,30H,2,14,16H2,1H3. The number of ether oxygens (including phenoxy) is 1. The molecule has 2 heterocycles. The molecule has 1 aliphatic heterocycles. The van der Waals surface area contributed by atoms with Crippen LogP contribution in [0, 0.1) is 10.1 Å². The van der Waals surface area contributed by atoms with Gasteiger partial charge in [0.15, 0.2) is 0 Å². The van der Waals surface area contributed by atoms with Gasteiger partial charge in [-0.2, -0.15) is 0 Å². The lowest BCUT2D eigenvalue weighted by Gasteiger charge is -2.25. The van der Waals surface area contributed by atoms with Gasteiger partial charge < -0.3 is 14.7 Å². The van der Waals surface area contributed by atoms with Crippen molar-refractivity contribution in [2.45, 2.75) is 25.9 Å². The van der Waals surface area contributed by atoms with Crippen molar-refractivity contribution in [2.24, 2.45) is 0 Å². The number of benzene rings is 2. The van der Waals surface area contributed by atoms with E-state index in [4.69, 9.17) is 4.74 Å². The summed E-state index contributed by atoms with van der Waals surface area (Å²) >= 11 is 0. The fraction of sp³-hybridized carbons (Fsp3) is 0.192. The predicted octanol–water partition coefficient (Wildman–Crippen LogP) is 4.40. The molecule has 0 aliphatic carbocycles. The van der Waals surface area contributed by atoms with Crippen LogP contribution >= 0.6 is 0 Å². The Balaban J connectivity index is 1.82. The summed E-state index contributed by atoms with van der Waals surface area (Å²) in [6, 6.07) is 14.7. The maximum atomic E-state index is 13.2. The molecule has 0 spiro atoms. The molecule has 4 rings (SSSR count). The van der Waals surface area contributed by atoms with Crippen LogP contribution in [0.5, 0.6) is 5.75 Å². The van der Waals surface area contributed by atoms with E-state index < -0.39 is 22.7 Å². The van der Waals surface area contributed by atoms with Gasteiger partial charge in [0.1, 0.15) is 11.5 Å². The zero-order chi connectivity index (χ0) is 24.9. The molecule has 1 amide bonds. The van der Waals surface area contributed by atoms with Gasteiger partial charge in [-0.05, 0) is 53.9 Å². The highest BCUT2D eigenvalue weighted by Gasteiger charge is 2.46. The van der Waals surface area contributed by atoms with Gasteiger partial charge in [0.25, 0.3) is 17.4 Å². The van der Waals surface area contributed by atoms with Crippen molar-refractivity contribution < 1.29 is 24.4 Å². The first-order valence-electron chi connectivity index (χ1n) is 11.1. The third-order valence-corrected chi connectivity index (χ3v) is 5.64. The topological polar surface area (TPSA) is 123 Å². The zero-order valence-corrected chi connectivity index (χ0v) is 19.0. The number of Topliss-reactive ketones (excluding diaryl/α,β-unsaturated/α-hetero) is 1. The Morgan fingerprint density at radius 3 is 2.49 bits per heavy atom. The van der Waals surface area contributed by atoms with Crippen LogP contribution in [0.1, 0.15) is 36.1 Å². The van der Waals surface area contributed by atoms with Crippen molar-refractivity contribution in [3.8, 4) is 5.75 Å². The first-order valence-corrected chi connectivity index (χ1v) is 11.1. The summed E-state index contributed by atoms with van der Waals surface area (Å²) in [5.41, 5.74) is 1.31. The first-order chi connectivity index (χ1) is 16.9. The smallest absolute Gasteiger partial charge is 0.295 e. The van der Waals surface area contributed by atoms with E-state index in [1.807, 2.05) is 6.92 Å². The molecule has 2 aromatic carbocycles. The van der Waals surface area contributed by atoms with E-state index in [0.29, 0.717) is 23.5 Å².